The minimum absolute atomic E-state index is 0.0126. The summed E-state index contributed by atoms with van der Waals surface area (Å²) in [4.78, 5) is 27.0. The molecule has 1 amide bonds. The Morgan fingerprint density at radius 1 is 1.26 bits per heavy atom. The second-order valence-electron chi connectivity index (χ2n) is 12.3. The molecule has 1 aliphatic carbocycles. The van der Waals surface area contributed by atoms with E-state index in [4.69, 9.17) is 19.7 Å². The summed E-state index contributed by atoms with van der Waals surface area (Å²) in [6.07, 6.45) is 0.999. The molecule has 0 radical (unpaired) electrons. The molecular formula is C27H39N5O5Si. The number of aromatic nitrogens is 2. The molecule has 10 nitrogen and oxygen atoms in total. The van der Waals surface area contributed by atoms with E-state index in [2.05, 4.69) is 62.3 Å². The van der Waals surface area contributed by atoms with Crippen LogP contribution in [-0.4, -0.2) is 53.2 Å². The van der Waals surface area contributed by atoms with Crippen molar-refractivity contribution in [1.82, 2.24) is 15.4 Å². The third-order valence-corrected chi connectivity index (χ3v) is 11.5. The maximum Gasteiger partial charge on any atom is 0.284 e. The van der Waals surface area contributed by atoms with Gasteiger partial charge < -0.3 is 20.0 Å². The Labute approximate surface area is 225 Å². The Balaban J connectivity index is 1.88. The molecule has 1 fully saturated rings. The molecule has 4 N–H and O–H groups in total. The number of nitrogens with two attached hydrogens (primary N) is 1. The summed E-state index contributed by atoms with van der Waals surface area (Å²) >= 11 is 0. The number of nitrogen functional groups attached to an aromatic ring is 1. The number of aliphatic hydroxyl groups is 1. The first-order valence-corrected chi connectivity index (χ1v) is 15.5. The van der Waals surface area contributed by atoms with Gasteiger partial charge in [-0.2, -0.15) is 10.2 Å². The summed E-state index contributed by atoms with van der Waals surface area (Å²) in [6, 6.07) is 8.86. The molecule has 0 unspecified atom stereocenters. The lowest BCUT2D eigenvalue weighted by molar-refractivity contribution is -0.0804. The maximum absolute atomic E-state index is 13.0. The molecule has 1 heterocycles. The van der Waals surface area contributed by atoms with Crippen molar-refractivity contribution in [2.24, 2.45) is 0 Å². The van der Waals surface area contributed by atoms with Crippen molar-refractivity contribution in [2.45, 2.75) is 89.8 Å². The number of hydrogen-bond donors (Lipinski definition) is 3. The van der Waals surface area contributed by atoms with Crippen molar-refractivity contribution in [3.8, 4) is 23.3 Å². The molecule has 3 rings (SSSR count). The Morgan fingerprint density at radius 2 is 1.92 bits per heavy atom. The highest BCUT2D eigenvalue weighted by Crippen LogP contribution is 2.46. The van der Waals surface area contributed by atoms with E-state index >= 15 is 0 Å². The third-order valence-electron chi connectivity index (χ3n) is 6.88. The fourth-order valence-corrected chi connectivity index (χ4v) is 5.64. The van der Waals surface area contributed by atoms with Gasteiger partial charge in [0.2, 0.25) is 5.88 Å². The Bertz CT molecular complexity index is 1220. The molecule has 38 heavy (non-hydrogen) atoms. The van der Waals surface area contributed by atoms with Crippen LogP contribution in [0.5, 0.6) is 5.88 Å². The molecule has 1 aromatic carbocycles. The first-order chi connectivity index (χ1) is 17.4. The lowest BCUT2D eigenvalue weighted by Gasteiger charge is -2.51. The summed E-state index contributed by atoms with van der Waals surface area (Å²) in [7, 11) is -1.99. The zero-order valence-corrected chi connectivity index (χ0v) is 24.5. The van der Waals surface area contributed by atoms with Crippen LogP contribution in [0.15, 0.2) is 24.3 Å². The summed E-state index contributed by atoms with van der Waals surface area (Å²) in [5.41, 5.74) is 7.95. The monoisotopic (exact) mass is 541 g/mol. The van der Waals surface area contributed by atoms with Gasteiger partial charge in [-0.25, -0.2) is 10.5 Å². The molecule has 0 aliphatic heterocycles. The smallest absolute Gasteiger partial charge is 0.284 e. The highest BCUT2D eigenvalue weighted by Gasteiger charge is 2.50. The number of benzene rings is 1. The van der Waals surface area contributed by atoms with Crippen molar-refractivity contribution in [1.29, 1.82) is 5.26 Å². The van der Waals surface area contributed by atoms with E-state index in [1.165, 1.54) is 0 Å². The number of hydrogen-bond acceptors (Lipinski definition) is 9. The van der Waals surface area contributed by atoms with E-state index in [9.17, 15) is 15.2 Å². The molecule has 0 atom stereocenters. The molecule has 1 aliphatic rings. The van der Waals surface area contributed by atoms with E-state index in [0.717, 1.165) is 0 Å². The minimum Gasteiger partial charge on any atom is -0.473 e. The number of ether oxygens (including phenoxy) is 1. The van der Waals surface area contributed by atoms with Gasteiger partial charge in [0.1, 0.15) is 24.1 Å². The molecule has 1 aromatic heterocycles. The van der Waals surface area contributed by atoms with Crippen molar-refractivity contribution < 1.29 is 23.9 Å². The summed E-state index contributed by atoms with van der Waals surface area (Å²) in [5, 5.41) is 19.2. The zero-order valence-electron chi connectivity index (χ0n) is 23.5. The highest BCUT2D eigenvalue weighted by atomic mass is 28.4. The average Bonchev–Trinajstić information content (AvgIpc) is 2.75. The number of nitrogens with one attached hydrogen (secondary N) is 1. The normalized spacial score (nSPS) is 19.8. The van der Waals surface area contributed by atoms with Crippen LogP contribution in [0.25, 0.3) is 11.4 Å². The largest absolute Gasteiger partial charge is 0.473 e. The van der Waals surface area contributed by atoms with E-state index in [0.29, 0.717) is 24.0 Å². The van der Waals surface area contributed by atoms with Gasteiger partial charge in [0, 0.05) is 18.4 Å². The topological polar surface area (TPSA) is 153 Å². The standard InChI is InChI=1S/C27H39N5O5Si/c1-25(2,3)38(7,8)37-27(6)13-19(14-27)36-24-20(23(33)32-35-16-26(4,5)34)21(29)30-22(31-24)18-11-9-10-17(12-18)15-28/h9-12,19,34H,13-14,16H2,1-8H3,(H,32,33)(H2,29,30,31). The van der Waals surface area contributed by atoms with Gasteiger partial charge in [-0.3, -0.25) is 9.63 Å². The van der Waals surface area contributed by atoms with Crippen LogP contribution >= 0.6 is 0 Å². The SMILES string of the molecule is CC(C)(O)CONC(=O)c1c(N)nc(-c2cccc(C#N)c2)nc1OC1CC(C)(O[Si](C)(C)C(C)(C)C)C1. The maximum atomic E-state index is 13.0. The van der Waals surface area contributed by atoms with Crippen LogP contribution in [-0.2, 0) is 9.26 Å². The number of nitrogens with zero attached hydrogens (tertiary/aromatic N) is 3. The summed E-state index contributed by atoms with van der Waals surface area (Å²) in [5.74, 6) is -0.559. The molecule has 11 heteroatoms. The fraction of sp³-hybridized carbons (Fsp3) is 0.556. The van der Waals surface area contributed by atoms with Gasteiger partial charge in [-0.1, -0.05) is 32.9 Å². The van der Waals surface area contributed by atoms with Crippen LogP contribution < -0.4 is 16.0 Å². The van der Waals surface area contributed by atoms with Gasteiger partial charge in [-0.05, 0) is 51.0 Å². The summed E-state index contributed by atoms with van der Waals surface area (Å²) in [6.45, 7) is 16.1. The highest BCUT2D eigenvalue weighted by molar-refractivity contribution is 6.74. The number of hydroxylamine groups is 1. The number of rotatable bonds is 9. The van der Waals surface area contributed by atoms with Crippen molar-refractivity contribution in [2.75, 3.05) is 12.3 Å². The predicted molar refractivity (Wildman–Crippen MR) is 147 cm³/mol. The first-order valence-electron chi connectivity index (χ1n) is 12.6. The molecule has 0 bridgehead atoms. The molecule has 0 spiro atoms. The second kappa shape index (κ2) is 10.6. The number of carbonyl (C=O) groups excluding carboxylic acids is 1. The minimum atomic E-state index is -1.99. The van der Waals surface area contributed by atoms with Gasteiger partial charge in [-0.15, -0.1) is 0 Å². The molecule has 1 saturated carbocycles. The summed E-state index contributed by atoms with van der Waals surface area (Å²) < 4.78 is 12.9. The average molecular weight is 542 g/mol. The fourth-order valence-electron chi connectivity index (χ4n) is 3.94. The third kappa shape index (κ3) is 7.08. The number of amides is 1. The van der Waals surface area contributed by atoms with Gasteiger partial charge in [0.05, 0.1) is 22.8 Å². The van der Waals surface area contributed by atoms with Crippen molar-refractivity contribution in [3.05, 3.63) is 35.4 Å². The van der Waals surface area contributed by atoms with Crippen molar-refractivity contribution >= 4 is 20.0 Å². The van der Waals surface area contributed by atoms with Crippen LogP contribution in [0.3, 0.4) is 0 Å². The quantitative estimate of drug-likeness (QED) is 0.310. The van der Waals surface area contributed by atoms with E-state index in [1.54, 1.807) is 38.1 Å². The van der Waals surface area contributed by atoms with E-state index in [1.807, 2.05) is 0 Å². The van der Waals surface area contributed by atoms with Crippen molar-refractivity contribution in [3.63, 3.8) is 0 Å². The zero-order chi connectivity index (χ0) is 28.5. The lowest BCUT2D eigenvalue weighted by atomic mass is 9.79. The predicted octanol–water partition coefficient (Wildman–Crippen LogP) is 4.35. The molecule has 206 valence electrons. The Morgan fingerprint density at radius 3 is 2.50 bits per heavy atom. The van der Waals surface area contributed by atoms with E-state index in [-0.39, 0.29) is 46.4 Å². The van der Waals surface area contributed by atoms with E-state index < -0.39 is 19.8 Å². The first kappa shape index (κ1) is 29.5. The second-order valence-corrected chi connectivity index (χ2v) is 17.0. The number of anilines is 1. The Hall–Kier alpha value is -3.04. The number of carbonyl (C=O) groups is 1. The van der Waals surface area contributed by atoms with Crippen LogP contribution in [0.4, 0.5) is 5.82 Å². The molecule has 0 saturated heterocycles. The lowest BCUT2D eigenvalue weighted by Crippen LogP contribution is -2.57. The molecular weight excluding hydrogens is 502 g/mol. The van der Waals surface area contributed by atoms with Gasteiger partial charge in [0.25, 0.3) is 5.91 Å². The van der Waals surface area contributed by atoms with Crippen LogP contribution in [0.2, 0.25) is 18.1 Å². The van der Waals surface area contributed by atoms with Crippen LogP contribution in [0, 0.1) is 11.3 Å². The Kier molecular flexibility index (Phi) is 8.24. The van der Waals surface area contributed by atoms with Gasteiger partial charge in [0.15, 0.2) is 14.1 Å². The van der Waals surface area contributed by atoms with Crippen LogP contribution in [0.1, 0.15) is 70.3 Å². The van der Waals surface area contributed by atoms with Gasteiger partial charge >= 0.3 is 0 Å². The molecule has 2 aromatic rings. The number of nitriles is 1.